The molecular weight excluding hydrogens is 209 g/mol. The molecule has 0 atom stereocenters. The Morgan fingerprint density at radius 3 is 2.56 bits per heavy atom. The first-order chi connectivity index (χ1) is 7.58. The molecular formula is C11H16FN3O. The van der Waals surface area contributed by atoms with Gasteiger partial charge in [-0.3, -0.25) is 0 Å². The molecule has 0 aliphatic heterocycles. The predicted molar refractivity (Wildman–Crippen MR) is 62.8 cm³/mol. The second-order valence-electron chi connectivity index (χ2n) is 3.34. The highest BCUT2D eigenvalue weighted by molar-refractivity contribution is 5.89. The third-order valence-corrected chi connectivity index (χ3v) is 2.30. The summed E-state index contributed by atoms with van der Waals surface area (Å²) in [5, 5.41) is 2.65. The number of nitrogens with zero attached hydrogens (tertiary/aromatic N) is 1. The van der Waals surface area contributed by atoms with Crippen molar-refractivity contribution in [2.45, 2.75) is 13.8 Å². The minimum Gasteiger partial charge on any atom is -0.396 e. The molecule has 3 N–H and O–H groups in total. The van der Waals surface area contributed by atoms with Crippen LogP contribution < -0.4 is 11.1 Å². The van der Waals surface area contributed by atoms with Crippen LogP contribution in [0.1, 0.15) is 13.8 Å². The van der Waals surface area contributed by atoms with Gasteiger partial charge in [-0.1, -0.05) is 0 Å². The van der Waals surface area contributed by atoms with E-state index in [2.05, 4.69) is 5.32 Å². The van der Waals surface area contributed by atoms with Crippen molar-refractivity contribution in [3.05, 3.63) is 24.0 Å². The molecule has 0 heterocycles. The Kier molecular flexibility index (Phi) is 4.10. The van der Waals surface area contributed by atoms with Crippen molar-refractivity contribution in [2.24, 2.45) is 0 Å². The lowest BCUT2D eigenvalue weighted by Crippen LogP contribution is -2.34. The molecule has 0 fully saturated rings. The largest absolute Gasteiger partial charge is 0.396 e. The molecule has 0 aliphatic carbocycles. The minimum absolute atomic E-state index is 0.0253. The summed E-state index contributed by atoms with van der Waals surface area (Å²) in [5.74, 6) is -0.485. The summed E-state index contributed by atoms with van der Waals surface area (Å²) in [6, 6.07) is 3.90. The first-order valence-corrected chi connectivity index (χ1v) is 5.19. The highest BCUT2D eigenvalue weighted by Gasteiger charge is 2.09. The molecule has 1 rings (SSSR count). The van der Waals surface area contributed by atoms with Gasteiger partial charge < -0.3 is 16.0 Å². The van der Waals surface area contributed by atoms with Crippen molar-refractivity contribution in [1.29, 1.82) is 0 Å². The number of benzene rings is 1. The number of nitrogens with two attached hydrogens (primary N) is 1. The van der Waals surface area contributed by atoms with Gasteiger partial charge in [-0.05, 0) is 32.0 Å². The molecule has 0 spiro atoms. The van der Waals surface area contributed by atoms with Crippen LogP contribution in [0.3, 0.4) is 0 Å². The fourth-order valence-corrected chi connectivity index (χ4v) is 1.33. The van der Waals surface area contributed by atoms with Crippen molar-refractivity contribution in [3.8, 4) is 0 Å². The summed E-state index contributed by atoms with van der Waals surface area (Å²) in [6.07, 6.45) is 0. The number of hydrogen-bond acceptors (Lipinski definition) is 2. The Hall–Kier alpha value is -1.78. The van der Waals surface area contributed by atoms with E-state index in [1.54, 1.807) is 4.90 Å². The molecule has 0 aromatic heterocycles. The molecule has 0 bridgehead atoms. The Morgan fingerprint density at radius 1 is 1.44 bits per heavy atom. The van der Waals surface area contributed by atoms with Gasteiger partial charge in [0.1, 0.15) is 5.82 Å². The van der Waals surface area contributed by atoms with Crippen LogP contribution in [0.25, 0.3) is 0 Å². The van der Waals surface area contributed by atoms with Gasteiger partial charge in [0.2, 0.25) is 0 Å². The fraction of sp³-hybridized carbons (Fsp3) is 0.364. The van der Waals surface area contributed by atoms with Gasteiger partial charge in [0.05, 0.1) is 5.69 Å². The first-order valence-electron chi connectivity index (χ1n) is 5.19. The van der Waals surface area contributed by atoms with Crippen molar-refractivity contribution in [2.75, 3.05) is 24.1 Å². The van der Waals surface area contributed by atoms with Crippen LogP contribution in [0.4, 0.5) is 20.6 Å². The molecule has 1 aromatic rings. The van der Waals surface area contributed by atoms with Crippen molar-refractivity contribution >= 4 is 17.4 Å². The maximum atomic E-state index is 12.9. The maximum absolute atomic E-state index is 12.9. The van der Waals surface area contributed by atoms with E-state index in [9.17, 15) is 9.18 Å². The monoisotopic (exact) mass is 225 g/mol. The number of anilines is 2. The number of amides is 2. The third kappa shape index (κ3) is 2.85. The Morgan fingerprint density at radius 2 is 2.06 bits per heavy atom. The molecule has 0 radical (unpaired) electrons. The van der Waals surface area contributed by atoms with E-state index in [1.165, 1.54) is 18.2 Å². The molecule has 0 unspecified atom stereocenters. The van der Waals surface area contributed by atoms with Gasteiger partial charge in [-0.15, -0.1) is 0 Å². The summed E-state index contributed by atoms with van der Waals surface area (Å²) in [7, 11) is 0. The second kappa shape index (κ2) is 5.34. The first kappa shape index (κ1) is 12.3. The Balaban J connectivity index is 2.73. The second-order valence-corrected chi connectivity index (χ2v) is 3.34. The molecule has 16 heavy (non-hydrogen) atoms. The SMILES string of the molecule is CCN(CC)C(=O)Nc1ccc(F)c(N)c1. The van der Waals surface area contributed by atoms with E-state index in [0.29, 0.717) is 18.8 Å². The lowest BCUT2D eigenvalue weighted by Gasteiger charge is -2.19. The van der Waals surface area contributed by atoms with Crippen molar-refractivity contribution < 1.29 is 9.18 Å². The van der Waals surface area contributed by atoms with Crippen LogP contribution in [-0.4, -0.2) is 24.0 Å². The average molecular weight is 225 g/mol. The predicted octanol–water partition coefficient (Wildman–Crippen LogP) is 2.28. The number of halogens is 1. The Labute approximate surface area is 94.2 Å². The molecule has 2 amide bonds. The molecule has 0 aliphatic rings. The van der Waals surface area contributed by atoms with E-state index >= 15 is 0 Å². The van der Waals surface area contributed by atoms with Gasteiger partial charge >= 0.3 is 6.03 Å². The molecule has 4 nitrogen and oxygen atoms in total. The maximum Gasteiger partial charge on any atom is 0.321 e. The normalized spacial score (nSPS) is 9.94. The topological polar surface area (TPSA) is 58.4 Å². The van der Waals surface area contributed by atoms with Crippen LogP contribution in [-0.2, 0) is 0 Å². The fourth-order valence-electron chi connectivity index (χ4n) is 1.33. The molecule has 0 saturated heterocycles. The number of nitrogen functional groups attached to an aromatic ring is 1. The van der Waals surface area contributed by atoms with Gasteiger partial charge in [-0.2, -0.15) is 0 Å². The lowest BCUT2D eigenvalue weighted by atomic mass is 10.2. The average Bonchev–Trinajstić information content (AvgIpc) is 2.25. The van der Waals surface area contributed by atoms with Gasteiger partial charge in [-0.25, -0.2) is 9.18 Å². The summed E-state index contributed by atoms with van der Waals surface area (Å²) >= 11 is 0. The quantitative estimate of drug-likeness (QED) is 0.775. The zero-order valence-corrected chi connectivity index (χ0v) is 9.46. The lowest BCUT2D eigenvalue weighted by molar-refractivity contribution is 0.217. The summed E-state index contributed by atoms with van der Waals surface area (Å²) in [4.78, 5) is 13.3. The van der Waals surface area contributed by atoms with Crippen LogP contribution in [0.15, 0.2) is 18.2 Å². The van der Waals surface area contributed by atoms with Gasteiger partial charge in [0.25, 0.3) is 0 Å². The van der Waals surface area contributed by atoms with Crippen LogP contribution in [0.5, 0.6) is 0 Å². The number of rotatable bonds is 3. The highest BCUT2D eigenvalue weighted by Crippen LogP contribution is 2.16. The number of hydrogen-bond donors (Lipinski definition) is 2. The molecule has 5 heteroatoms. The number of carbonyl (C=O) groups is 1. The third-order valence-electron chi connectivity index (χ3n) is 2.30. The molecule has 1 aromatic carbocycles. The number of urea groups is 1. The van der Waals surface area contributed by atoms with Crippen molar-refractivity contribution in [1.82, 2.24) is 4.90 Å². The zero-order valence-electron chi connectivity index (χ0n) is 9.46. The van der Waals surface area contributed by atoms with Gasteiger partial charge in [0.15, 0.2) is 0 Å². The van der Waals surface area contributed by atoms with E-state index in [1.807, 2.05) is 13.8 Å². The van der Waals surface area contributed by atoms with E-state index in [-0.39, 0.29) is 11.7 Å². The van der Waals surface area contributed by atoms with Gasteiger partial charge in [0, 0.05) is 18.8 Å². The van der Waals surface area contributed by atoms with Crippen LogP contribution in [0.2, 0.25) is 0 Å². The minimum atomic E-state index is -0.485. The number of nitrogens with one attached hydrogen (secondary N) is 1. The number of carbonyl (C=O) groups excluding carboxylic acids is 1. The van der Waals surface area contributed by atoms with Crippen LogP contribution >= 0.6 is 0 Å². The van der Waals surface area contributed by atoms with E-state index in [0.717, 1.165) is 0 Å². The van der Waals surface area contributed by atoms with Crippen molar-refractivity contribution in [3.63, 3.8) is 0 Å². The standard InChI is InChI=1S/C11H16FN3O/c1-3-15(4-2)11(16)14-8-5-6-9(12)10(13)7-8/h5-7H,3-4,13H2,1-2H3,(H,14,16). The molecule has 0 saturated carbocycles. The van der Waals surface area contributed by atoms with E-state index in [4.69, 9.17) is 5.73 Å². The Bertz CT molecular complexity index is 377. The summed E-state index contributed by atoms with van der Waals surface area (Å²) in [5.41, 5.74) is 5.92. The summed E-state index contributed by atoms with van der Waals surface area (Å²) in [6.45, 7) is 5.03. The zero-order chi connectivity index (χ0) is 12.1. The van der Waals surface area contributed by atoms with Crippen LogP contribution in [0, 0.1) is 5.82 Å². The highest BCUT2D eigenvalue weighted by atomic mass is 19.1. The summed E-state index contributed by atoms with van der Waals surface area (Å²) < 4.78 is 12.9. The van der Waals surface area contributed by atoms with E-state index < -0.39 is 5.82 Å². The molecule has 88 valence electrons. The smallest absolute Gasteiger partial charge is 0.321 e.